The molecule has 0 fully saturated rings. The average molecular weight is 378 g/mol. The molecular formula is C17H6N12. The topological polar surface area (TPSA) is 229 Å². The third kappa shape index (κ3) is 5.73. The lowest BCUT2D eigenvalue weighted by Gasteiger charge is -2.07. The van der Waals surface area contributed by atoms with Crippen molar-refractivity contribution in [3.63, 3.8) is 0 Å². The maximum atomic E-state index is 9.18. The third-order valence-electron chi connectivity index (χ3n) is 2.85. The molecule has 0 aromatic carbocycles. The van der Waals surface area contributed by atoms with Crippen LogP contribution >= 0.6 is 0 Å². The maximum Gasteiger partial charge on any atom is 0.177 e. The first-order valence-corrected chi connectivity index (χ1v) is 7.24. The van der Waals surface area contributed by atoms with Gasteiger partial charge in [-0.2, -0.15) is 31.6 Å². The molecule has 0 saturated carbocycles. The van der Waals surface area contributed by atoms with Gasteiger partial charge in [-0.25, -0.2) is 15.0 Å². The van der Waals surface area contributed by atoms with Gasteiger partial charge < -0.3 is 0 Å². The third-order valence-corrected chi connectivity index (χ3v) is 2.85. The molecule has 0 bridgehead atoms. The molecule has 12 heteroatoms. The van der Waals surface area contributed by atoms with Crippen molar-refractivity contribution in [2.24, 2.45) is 15.0 Å². The van der Waals surface area contributed by atoms with Gasteiger partial charge in [0.2, 0.25) is 0 Å². The minimum atomic E-state index is -0.673. The number of nitrogens with one attached hydrogen (secondary N) is 1. The van der Waals surface area contributed by atoms with Crippen LogP contribution in [0.15, 0.2) is 21.2 Å². The molecule has 0 radical (unpaired) electrons. The molecule has 0 atom stereocenters. The fourth-order valence-corrected chi connectivity index (χ4v) is 1.71. The molecule has 0 saturated heterocycles. The van der Waals surface area contributed by atoms with Gasteiger partial charge in [-0.1, -0.05) is 0 Å². The van der Waals surface area contributed by atoms with Crippen LogP contribution in [0.2, 0.25) is 0 Å². The molecule has 1 rings (SSSR count). The first kappa shape index (κ1) is 21.5. The molecule has 0 aliphatic heterocycles. The van der Waals surface area contributed by atoms with E-state index >= 15 is 0 Å². The van der Waals surface area contributed by atoms with Crippen LogP contribution in [-0.2, 0) is 6.54 Å². The van der Waals surface area contributed by atoms with Crippen molar-refractivity contribution in [3.8, 4) is 36.4 Å². The van der Waals surface area contributed by atoms with Gasteiger partial charge in [0.05, 0.1) is 18.4 Å². The Morgan fingerprint density at radius 2 is 1.59 bits per heavy atom. The fraction of sp³-hybridized carbons (Fsp3) is 0.0588. The quantitative estimate of drug-likeness (QED) is 0.690. The van der Waals surface area contributed by atoms with Crippen molar-refractivity contribution in [1.29, 1.82) is 37.0 Å². The molecule has 0 aliphatic rings. The zero-order valence-electron chi connectivity index (χ0n) is 14.4. The van der Waals surface area contributed by atoms with Crippen LogP contribution in [-0.4, -0.2) is 33.8 Å². The van der Waals surface area contributed by atoms with Crippen LogP contribution in [0, 0.1) is 73.4 Å². The van der Waals surface area contributed by atoms with E-state index in [1.54, 1.807) is 30.3 Å². The van der Waals surface area contributed by atoms with E-state index < -0.39 is 18.0 Å². The smallest absolute Gasteiger partial charge is 0.177 e. The minimum Gasteiger partial charge on any atom is -0.288 e. The lowest BCUT2D eigenvalue weighted by atomic mass is 10.2. The first-order valence-electron chi connectivity index (χ1n) is 7.24. The molecular weight excluding hydrogens is 372 g/mol. The Balaban J connectivity index is 3.74. The van der Waals surface area contributed by atoms with Crippen LogP contribution in [0.1, 0.15) is 22.8 Å². The summed E-state index contributed by atoms with van der Waals surface area (Å²) in [5.74, 6) is 0. The van der Waals surface area contributed by atoms with Gasteiger partial charge in [0.25, 0.3) is 0 Å². The van der Waals surface area contributed by atoms with E-state index in [2.05, 4.69) is 24.9 Å². The fourth-order valence-electron chi connectivity index (χ4n) is 1.71. The molecule has 1 heterocycles. The van der Waals surface area contributed by atoms with E-state index in [0.29, 0.717) is 0 Å². The normalized spacial score (nSPS) is 11.0. The van der Waals surface area contributed by atoms with Gasteiger partial charge in [0.15, 0.2) is 22.8 Å². The summed E-state index contributed by atoms with van der Waals surface area (Å²) in [5, 5.41) is 60.7. The molecule has 0 amide bonds. The first-order chi connectivity index (χ1) is 14.1. The Labute approximate surface area is 164 Å². The number of hydrogen-bond donors (Lipinski definition) is 1. The van der Waals surface area contributed by atoms with Gasteiger partial charge in [-0.15, -0.1) is 0 Å². The van der Waals surface area contributed by atoms with E-state index in [1.807, 2.05) is 0 Å². The molecule has 1 N–H and O–H groups in total. The molecule has 0 unspecified atom stereocenters. The van der Waals surface area contributed by atoms with Gasteiger partial charge >= 0.3 is 0 Å². The number of rotatable bonds is 6. The molecule has 1 aromatic rings. The van der Waals surface area contributed by atoms with E-state index in [9.17, 15) is 5.26 Å². The van der Waals surface area contributed by atoms with Crippen molar-refractivity contribution in [1.82, 2.24) is 9.97 Å². The number of nitrogens with zero attached hydrogens (tertiary/aromatic N) is 11. The Morgan fingerprint density at radius 1 is 0.931 bits per heavy atom. The second kappa shape index (κ2) is 11.1. The summed E-state index contributed by atoms with van der Waals surface area (Å²) in [6.45, 7) is -0.392. The summed E-state index contributed by atoms with van der Waals surface area (Å²) in [6.07, 6.45) is 2.80. The van der Waals surface area contributed by atoms with Crippen LogP contribution in [0.5, 0.6) is 0 Å². The lowest BCUT2D eigenvalue weighted by molar-refractivity contribution is 0.933. The van der Waals surface area contributed by atoms with Crippen LogP contribution in [0.4, 0.5) is 0 Å². The van der Waals surface area contributed by atoms with Crippen molar-refractivity contribution < 1.29 is 0 Å². The Kier molecular flexibility index (Phi) is 8.25. The number of nitriles is 6. The van der Waals surface area contributed by atoms with Crippen LogP contribution < -0.4 is 0 Å². The zero-order valence-corrected chi connectivity index (χ0v) is 14.4. The number of aromatic nitrogens is 2. The summed E-state index contributed by atoms with van der Waals surface area (Å²) in [6, 6.07) is 9.77. The van der Waals surface area contributed by atoms with E-state index in [1.165, 1.54) is 6.07 Å². The predicted octanol–water partition coefficient (Wildman–Crippen LogP) is 0.715. The standard InChI is InChI=1S/C17H6N12/c18-1-3-25-9-15(26-4-2-19)17-16(10-27-12(6-21)11(24)5-20)28-13(7-22)14(8-23)29-17/h3-4,9,24H,10H2/b15-9-,24-11?,25-3+,26-4+,27-12-. The molecule has 0 spiro atoms. The van der Waals surface area contributed by atoms with E-state index in [0.717, 1.165) is 18.6 Å². The highest BCUT2D eigenvalue weighted by Crippen LogP contribution is 2.20. The highest BCUT2D eigenvalue weighted by molar-refractivity contribution is 6.52. The summed E-state index contributed by atoms with van der Waals surface area (Å²) < 4.78 is 0. The summed E-state index contributed by atoms with van der Waals surface area (Å²) in [4.78, 5) is 19.3. The summed E-state index contributed by atoms with van der Waals surface area (Å²) in [7, 11) is 0. The van der Waals surface area contributed by atoms with E-state index in [-0.39, 0.29) is 28.5 Å². The van der Waals surface area contributed by atoms with Crippen molar-refractivity contribution in [3.05, 3.63) is 29.0 Å². The Bertz CT molecular complexity index is 1200. The van der Waals surface area contributed by atoms with Gasteiger partial charge in [-0.05, 0) is 0 Å². The second-order valence-corrected chi connectivity index (χ2v) is 4.51. The lowest BCUT2D eigenvalue weighted by Crippen LogP contribution is -2.11. The van der Waals surface area contributed by atoms with E-state index in [4.69, 9.17) is 31.7 Å². The van der Waals surface area contributed by atoms with Gasteiger partial charge in [-0.3, -0.25) is 15.4 Å². The monoisotopic (exact) mass is 378 g/mol. The Morgan fingerprint density at radius 3 is 2.14 bits per heavy atom. The molecule has 1 aromatic heterocycles. The zero-order chi connectivity index (χ0) is 21.6. The molecule has 12 nitrogen and oxygen atoms in total. The maximum absolute atomic E-state index is 9.18. The van der Waals surface area contributed by atoms with Gasteiger partial charge in [0, 0.05) is 0 Å². The largest absolute Gasteiger partial charge is 0.288 e. The minimum absolute atomic E-state index is 0.0347. The number of hydrogen-bond acceptors (Lipinski definition) is 12. The second-order valence-electron chi connectivity index (χ2n) is 4.51. The predicted molar refractivity (Wildman–Crippen MR) is 97.7 cm³/mol. The van der Waals surface area contributed by atoms with Crippen molar-refractivity contribution >= 4 is 29.5 Å². The Hall–Kier alpha value is -5.56. The summed E-state index contributed by atoms with van der Waals surface area (Å²) >= 11 is 0. The molecule has 0 aliphatic carbocycles. The molecule has 134 valence electrons. The number of aliphatic imine (C=N–C) groups is 3. The highest BCUT2D eigenvalue weighted by atomic mass is 14.9. The summed E-state index contributed by atoms with van der Waals surface area (Å²) in [5.41, 5.74) is -2.00. The SMILES string of the molecule is N#C/C=N/C=C(\N=C\C#N)c1nc(C#N)c(C#N)nc1C/N=C(/C#N)C(=N)C#N. The highest BCUT2D eigenvalue weighted by Gasteiger charge is 2.17. The van der Waals surface area contributed by atoms with Gasteiger partial charge in [0.1, 0.15) is 60.2 Å². The van der Waals surface area contributed by atoms with Crippen molar-refractivity contribution in [2.75, 3.05) is 0 Å². The average Bonchev–Trinajstić information content (AvgIpc) is 2.75. The molecule has 29 heavy (non-hydrogen) atoms. The van der Waals surface area contributed by atoms with Crippen LogP contribution in [0.25, 0.3) is 5.70 Å². The van der Waals surface area contributed by atoms with Crippen LogP contribution in [0.3, 0.4) is 0 Å². The van der Waals surface area contributed by atoms with Crippen molar-refractivity contribution in [2.45, 2.75) is 6.54 Å².